The zero-order valence-electron chi connectivity index (χ0n) is 14.9. The van der Waals surface area contributed by atoms with Crippen molar-refractivity contribution in [3.05, 3.63) is 54.1 Å². The fourth-order valence-electron chi connectivity index (χ4n) is 2.14. The zero-order chi connectivity index (χ0) is 19.9. The van der Waals surface area contributed by atoms with Gasteiger partial charge in [0, 0.05) is 0 Å². The number of carboxylic acids is 1. The Morgan fingerprint density at radius 2 is 2.04 bits per heavy atom. The van der Waals surface area contributed by atoms with Gasteiger partial charge in [-0.2, -0.15) is 5.10 Å². The third-order valence-electron chi connectivity index (χ3n) is 3.54. The number of para-hydroxylation sites is 1. The van der Waals surface area contributed by atoms with Crippen molar-refractivity contribution in [2.45, 2.75) is 17.4 Å². The number of carboxylic acid groups (broad SMARTS) is 1. The molecule has 1 atom stereocenters. The summed E-state index contributed by atoms with van der Waals surface area (Å²) in [5, 5.41) is 12.8. The molecule has 1 heterocycles. The van der Waals surface area contributed by atoms with Gasteiger partial charge in [-0.25, -0.2) is 15.2 Å². The molecule has 0 aliphatic rings. The van der Waals surface area contributed by atoms with E-state index in [2.05, 4.69) is 15.5 Å². The molecular weight excluding hydrogens is 398 g/mol. The molecule has 0 saturated heterocycles. The maximum absolute atomic E-state index is 11.9. The largest absolute Gasteiger partial charge is 0.479 e. The maximum atomic E-state index is 11.9. The summed E-state index contributed by atoms with van der Waals surface area (Å²) in [6.07, 6.45) is 0.580. The number of aliphatic carboxylic acids is 1. The van der Waals surface area contributed by atoms with Crippen molar-refractivity contribution in [1.29, 1.82) is 0 Å². The van der Waals surface area contributed by atoms with Crippen LogP contribution in [-0.4, -0.2) is 40.0 Å². The third-order valence-corrected chi connectivity index (χ3v) is 5.72. The highest BCUT2D eigenvalue weighted by Crippen LogP contribution is 2.28. The van der Waals surface area contributed by atoms with Crippen molar-refractivity contribution < 1.29 is 19.4 Å². The third kappa shape index (κ3) is 5.54. The molecule has 2 N–H and O–H groups in total. The lowest BCUT2D eigenvalue weighted by atomic mass is 10.2. The smallest absolute Gasteiger partial charge is 0.344 e. The fourth-order valence-corrected chi connectivity index (χ4v) is 4.00. The van der Waals surface area contributed by atoms with Crippen molar-refractivity contribution >= 4 is 51.4 Å². The minimum Gasteiger partial charge on any atom is -0.479 e. The van der Waals surface area contributed by atoms with Gasteiger partial charge in [0.05, 0.1) is 22.2 Å². The van der Waals surface area contributed by atoms with E-state index in [-0.39, 0.29) is 11.7 Å². The Hall–Kier alpha value is -2.91. The monoisotopic (exact) mass is 415 g/mol. The van der Waals surface area contributed by atoms with Gasteiger partial charge in [0.15, 0.2) is 10.4 Å². The van der Waals surface area contributed by atoms with Gasteiger partial charge in [-0.05, 0) is 48.9 Å². The second kappa shape index (κ2) is 9.34. The SMILES string of the molecule is CC(Oc1ccc(/C=N/NC(=O)CSc2nc3ccccc3s2)cc1)C(=O)O. The van der Waals surface area contributed by atoms with Gasteiger partial charge >= 0.3 is 5.97 Å². The topological polar surface area (TPSA) is 101 Å². The Morgan fingerprint density at radius 3 is 2.75 bits per heavy atom. The van der Waals surface area contributed by atoms with Crippen LogP contribution in [0, 0.1) is 0 Å². The molecule has 0 radical (unpaired) electrons. The number of ether oxygens (including phenoxy) is 1. The molecule has 1 aromatic heterocycles. The van der Waals surface area contributed by atoms with Crippen molar-refractivity contribution in [2.24, 2.45) is 5.10 Å². The zero-order valence-corrected chi connectivity index (χ0v) is 16.5. The molecule has 3 rings (SSSR count). The number of thiazole rings is 1. The van der Waals surface area contributed by atoms with Crippen LogP contribution < -0.4 is 10.2 Å². The van der Waals surface area contributed by atoms with E-state index in [1.807, 2.05) is 24.3 Å². The molecule has 2 aromatic carbocycles. The number of carbonyl (C=O) groups is 2. The second-order valence-electron chi connectivity index (χ2n) is 5.70. The number of benzene rings is 2. The van der Waals surface area contributed by atoms with Gasteiger partial charge in [0.1, 0.15) is 5.75 Å². The van der Waals surface area contributed by atoms with Gasteiger partial charge in [-0.3, -0.25) is 4.79 Å². The number of hydrogen-bond acceptors (Lipinski definition) is 7. The number of hydrazone groups is 1. The molecule has 7 nitrogen and oxygen atoms in total. The second-order valence-corrected chi connectivity index (χ2v) is 7.95. The van der Waals surface area contributed by atoms with E-state index in [0.717, 1.165) is 20.1 Å². The van der Waals surface area contributed by atoms with E-state index in [9.17, 15) is 9.59 Å². The van der Waals surface area contributed by atoms with E-state index >= 15 is 0 Å². The number of hydrogen-bond donors (Lipinski definition) is 2. The molecule has 144 valence electrons. The molecule has 28 heavy (non-hydrogen) atoms. The molecule has 0 aliphatic heterocycles. The number of nitrogens with one attached hydrogen (secondary N) is 1. The van der Waals surface area contributed by atoms with Crippen molar-refractivity contribution in [2.75, 3.05) is 5.75 Å². The number of rotatable bonds is 8. The van der Waals surface area contributed by atoms with E-state index in [4.69, 9.17) is 9.84 Å². The Kier molecular flexibility index (Phi) is 6.62. The highest BCUT2D eigenvalue weighted by atomic mass is 32.2. The Labute approximate surface area is 169 Å². The van der Waals surface area contributed by atoms with E-state index < -0.39 is 12.1 Å². The predicted octanol–water partition coefficient (Wildman–Crippen LogP) is 3.39. The summed E-state index contributed by atoms with van der Waals surface area (Å²) in [7, 11) is 0. The Morgan fingerprint density at radius 1 is 1.29 bits per heavy atom. The van der Waals surface area contributed by atoms with Crippen molar-refractivity contribution in [3.63, 3.8) is 0 Å². The van der Waals surface area contributed by atoms with Crippen LogP contribution in [0.4, 0.5) is 0 Å². The van der Waals surface area contributed by atoms with E-state index in [0.29, 0.717) is 5.75 Å². The standard InChI is InChI=1S/C19H17N3O4S2/c1-12(18(24)25)26-14-8-6-13(7-9-14)10-20-22-17(23)11-27-19-21-15-4-2-3-5-16(15)28-19/h2-10,12H,11H2,1H3,(H,22,23)(H,24,25)/b20-10+. The lowest BCUT2D eigenvalue weighted by Crippen LogP contribution is -2.22. The molecular formula is C19H17N3O4S2. The van der Waals surface area contributed by atoms with Crippen LogP contribution >= 0.6 is 23.1 Å². The van der Waals surface area contributed by atoms with Crippen molar-refractivity contribution in [3.8, 4) is 5.75 Å². The van der Waals surface area contributed by atoms with Crippen LogP contribution in [0.5, 0.6) is 5.75 Å². The Bertz CT molecular complexity index is 969. The fraction of sp³-hybridized carbons (Fsp3) is 0.158. The molecule has 3 aromatic rings. The van der Waals surface area contributed by atoms with Crippen LogP contribution in [0.25, 0.3) is 10.2 Å². The van der Waals surface area contributed by atoms with Crippen LogP contribution in [0.3, 0.4) is 0 Å². The highest BCUT2D eigenvalue weighted by molar-refractivity contribution is 8.01. The lowest BCUT2D eigenvalue weighted by molar-refractivity contribution is -0.144. The summed E-state index contributed by atoms with van der Waals surface area (Å²) in [6, 6.07) is 14.6. The van der Waals surface area contributed by atoms with Gasteiger partial charge in [0.2, 0.25) is 0 Å². The van der Waals surface area contributed by atoms with Gasteiger partial charge < -0.3 is 9.84 Å². The highest BCUT2D eigenvalue weighted by Gasteiger charge is 2.12. The number of nitrogens with zero attached hydrogens (tertiary/aromatic N) is 2. The first-order chi connectivity index (χ1) is 13.5. The molecule has 0 bridgehead atoms. The summed E-state index contributed by atoms with van der Waals surface area (Å²) in [6.45, 7) is 1.46. The number of amides is 1. The summed E-state index contributed by atoms with van der Waals surface area (Å²) in [4.78, 5) is 27.2. The molecule has 9 heteroatoms. The normalized spacial score (nSPS) is 12.2. The first-order valence-corrected chi connectivity index (χ1v) is 10.1. The maximum Gasteiger partial charge on any atom is 0.344 e. The molecule has 0 fully saturated rings. The number of fused-ring (bicyclic) bond motifs is 1. The summed E-state index contributed by atoms with van der Waals surface area (Å²) < 4.78 is 7.18. The summed E-state index contributed by atoms with van der Waals surface area (Å²) in [5.41, 5.74) is 4.15. The van der Waals surface area contributed by atoms with Gasteiger partial charge in [0.25, 0.3) is 5.91 Å². The van der Waals surface area contributed by atoms with Crippen LogP contribution in [0.1, 0.15) is 12.5 Å². The predicted molar refractivity (Wildman–Crippen MR) is 110 cm³/mol. The minimum atomic E-state index is -1.03. The summed E-state index contributed by atoms with van der Waals surface area (Å²) in [5.74, 6) is -0.590. The number of aromatic nitrogens is 1. The van der Waals surface area contributed by atoms with Crippen LogP contribution in [0.2, 0.25) is 0 Å². The van der Waals surface area contributed by atoms with E-state index in [1.54, 1.807) is 35.6 Å². The lowest BCUT2D eigenvalue weighted by Gasteiger charge is -2.09. The van der Waals surface area contributed by atoms with Crippen LogP contribution in [-0.2, 0) is 9.59 Å². The molecule has 1 amide bonds. The molecule has 1 unspecified atom stereocenters. The average molecular weight is 415 g/mol. The van der Waals surface area contributed by atoms with Gasteiger partial charge in [-0.15, -0.1) is 11.3 Å². The van der Waals surface area contributed by atoms with E-state index in [1.165, 1.54) is 24.9 Å². The Balaban J connectivity index is 1.45. The molecule has 0 aliphatic carbocycles. The number of thioether (sulfide) groups is 1. The first-order valence-electron chi connectivity index (χ1n) is 8.31. The summed E-state index contributed by atoms with van der Waals surface area (Å²) >= 11 is 2.92. The average Bonchev–Trinajstić information content (AvgIpc) is 3.10. The number of carbonyl (C=O) groups excluding carboxylic acids is 1. The molecule has 0 spiro atoms. The minimum absolute atomic E-state index is 0.219. The van der Waals surface area contributed by atoms with Gasteiger partial charge in [-0.1, -0.05) is 23.9 Å². The van der Waals surface area contributed by atoms with Crippen LogP contribution in [0.15, 0.2) is 58.0 Å². The first kappa shape index (κ1) is 19.8. The van der Waals surface area contributed by atoms with Crippen molar-refractivity contribution in [1.82, 2.24) is 10.4 Å². The molecule has 0 saturated carbocycles. The quantitative estimate of drug-likeness (QED) is 0.332.